The number of carbonyl (C=O) groups excluding carboxylic acids is 1. The average molecular weight is 417 g/mol. The molecule has 1 heterocycles. The lowest BCUT2D eigenvalue weighted by atomic mass is 10.1. The van der Waals surface area contributed by atoms with Gasteiger partial charge in [-0.15, -0.1) is 11.3 Å². The summed E-state index contributed by atoms with van der Waals surface area (Å²) >= 11 is 4.52. The summed E-state index contributed by atoms with van der Waals surface area (Å²) in [5.74, 6) is -0.347. The van der Waals surface area contributed by atoms with E-state index in [4.69, 9.17) is 0 Å². The fourth-order valence-electron chi connectivity index (χ4n) is 2.00. The number of halogens is 1. The van der Waals surface area contributed by atoms with Gasteiger partial charge in [0.1, 0.15) is 4.21 Å². The number of hydrogen-bond donors (Lipinski definition) is 1. The standard InChI is InChI=1S/C15H17BrN2O3S2/c1-11(12-5-3-6-13(16)9-12)17-14(19)10-18(2)23(20,21)15-7-4-8-22-15/h3-9,11H,10H2,1-2H3,(H,17,19). The molecule has 8 heteroatoms. The Morgan fingerprint density at radius 1 is 1.35 bits per heavy atom. The molecule has 1 atom stereocenters. The second-order valence-electron chi connectivity index (χ2n) is 5.04. The van der Waals surface area contributed by atoms with Crippen LogP contribution in [0.25, 0.3) is 0 Å². The third-order valence-electron chi connectivity index (χ3n) is 3.25. The van der Waals surface area contributed by atoms with Crippen LogP contribution in [0.1, 0.15) is 18.5 Å². The number of benzene rings is 1. The van der Waals surface area contributed by atoms with Crippen molar-refractivity contribution in [1.82, 2.24) is 9.62 Å². The number of amides is 1. The van der Waals surface area contributed by atoms with Crippen LogP contribution in [0.5, 0.6) is 0 Å². The maximum Gasteiger partial charge on any atom is 0.252 e. The van der Waals surface area contributed by atoms with Crippen molar-refractivity contribution < 1.29 is 13.2 Å². The summed E-state index contributed by atoms with van der Waals surface area (Å²) in [6.45, 7) is 1.63. The lowest BCUT2D eigenvalue weighted by Gasteiger charge is -2.19. The highest BCUT2D eigenvalue weighted by atomic mass is 79.9. The minimum absolute atomic E-state index is 0.210. The number of nitrogens with zero attached hydrogens (tertiary/aromatic N) is 1. The van der Waals surface area contributed by atoms with E-state index in [0.717, 1.165) is 25.7 Å². The summed E-state index contributed by atoms with van der Waals surface area (Å²) < 4.78 is 26.8. The molecule has 0 spiro atoms. The second kappa shape index (κ2) is 7.57. The summed E-state index contributed by atoms with van der Waals surface area (Å²) in [7, 11) is -2.21. The lowest BCUT2D eigenvalue weighted by Crippen LogP contribution is -2.39. The molecule has 23 heavy (non-hydrogen) atoms. The van der Waals surface area contributed by atoms with Crippen molar-refractivity contribution in [2.24, 2.45) is 0 Å². The Morgan fingerprint density at radius 3 is 2.70 bits per heavy atom. The van der Waals surface area contributed by atoms with E-state index in [9.17, 15) is 13.2 Å². The Balaban J connectivity index is 1.99. The number of hydrogen-bond acceptors (Lipinski definition) is 4. The van der Waals surface area contributed by atoms with Gasteiger partial charge in [0.2, 0.25) is 5.91 Å². The molecule has 1 amide bonds. The highest BCUT2D eigenvalue weighted by Gasteiger charge is 2.24. The van der Waals surface area contributed by atoms with Gasteiger partial charge in [-0.1, -0.05) is 34.1 Å². The first kappa shape index (κ1) is 18.1. The number of nitrogens with one attached hydrogen (secondary N) is 1. The Hall–Kier alpha value is -1.22. The second-order valence-corrected chi connectivity index (χ2v) is 9.17. The van der Waals surface area contributed by atoms with Crippen LogP contribution >= 0.6 is 27.3 Å². The molecular formula is C15H17BrN2O3S2. The third kappa shape index (κ3) is 4.63. The first-order chi connectivity index (χ1) is 10.8. The molecule has 5 nitrogen and oxygen atoms in total. The third-order valence-corrected chi connectivity index (χ3v) is 6.92. The largest absolute Gasteiger partial charge is 0.348 e. The van der Waals surface area contributed by atoms with Gasteiger partial charge in [0.05, 0.1) is 12.6 Å². The minimum Gasteiger partial charge on any atom is -0.348 e. The first-order valence-corrected chi connectivity index (χ1v) is 9.96. The molecule has 0 aliphatic rings. The normalized spacial score (nSPS) is 13.0. The maximum atomic E-state index is 12.3. The van der Waals surface area contributed by atoms with Gasteiger partial charge in [0.15, 0.2) is 0 Å². The molecule has 1 aromatic carbocycles. The molecule has 0 aliphatic heterocycles. The molecule has 0 fully saturated rings. The SMILES string of the molecule is CC(NC(=O)CN(C)S(=O)(=O)c1cccs1)c1cccc(Br)c1. The van der Waals surface area contributed by atoms with Crippen molar-refractivity contribution in [3.05, 3.63) is 51.8 Å². The van der Waals surface area contributed by atoms with Crippen molar-refractivity contribution in [2.75, 3.05) is 13.6 Å². The van der Waals surface area contributed by atoms with E-state index < -0.39 is 10.0 Å². The van der Waals surface area contributed by atoms with Crippen molar-refractivity contribution in [3.8, 4) is 0 Å². The van der Waals surface area contributed by atoms with E-state index in [-0.39, 0.29) is 22.7 Å². The number of rotatable bonds is 6. The monoisotopic (exact) mass is 416 g/mol. The van der Waals surface area contributed by atoms with Gasteiger partial charge in [-0.3, -0.25) is 4.79 Å². The fourth-order valence-corrected chi connectivity index (χ4v) is 4.74. The van der Waals surface area contributed by atoms with E-state index >= 15 is 0 Å². The molecule has 1 N–H and O–H groups in total. The average Bonchev–Trinajstić information content (AvgIpc) is 3.01. The van der Waals surface area contributed by atoms with Crippen molar-refractivity contribution >= 4 is 43.2 Å². The van der Waals surface area contributed by atoms with E-state index in [1.54, 1.807) is 11.4 Å². The quantitative estimate of drug-likeness (QED) is 0.786. The minimum atomic E-state index is -3.61. The van der Waals surface area contributed by atoms with Gasteiger partial charge in [-0.05, 0) is 36.1 Å². The van der Waals surface area contributed by atoms with Crippen LogP contribution in [0.4, 0.5) is 0 Å². The van der Waals surface area contributed by atoms with Crippen LogP contribution in [0.15, 0.2) is 50.5 Å². The van der Waals surface area contributed by atoms with Crippen LogP contribution in [0.2, 0.25) is 0 Å². The van der Waals surface area contributed by atoms with Crippen LogP contribution < -0.4 is 5.32 Å². The van der Waals surface area contributed by atoms with Gasteiger partial charge in [-0.25, -0.2) is 8.42 Å². The Morgan fingerprint density at radius 2 is 2.09 bits per heavy atom. The van der Waals surface area contributed by atoms with E-state index in [1.807, 2.05) is 31.2 Å². The molecule has 0 bridgehead atoms. The molecule has 2 aromatic rings. The molecule has 1 aromatic heterocycles. The Labute approximate surface area is 148 Å². The van der Waals surface area contributed by atoms with Crippen LogP contribution in [-0.2, 0) is 14.8 Å². The van der Waals surface area contributed by atoms with Gasteiger partial charge >= 0.3 is 0 Å². The predicted octanol–water partition coefficient (Wildman–Crippen LogP) is 3.01. The Kier molecular flexibility index (Phi) is 5.96. The van der Waals surface area contributed by atoms with E-state index in [1.165, 1.54) is 13.1 Å². The van der Waals surface area contributed by atoms with Gasteiger partial charge in [-0.2, -0.15) is 4.31 Å². The van der Waals surface area contributed by atoms with Crippen LogP contribution in [-0.4, -0.2) is 32.2 Å². The topological polar surface area (TPSA) is 66.5 Å². The summed E-state index contributed by atoms with van der Waals surface area (Å²) in [4.78, 5) is 12.1. The molecular weight excluding hydrogens is 400 g/mol. The lowest BCUT2D eigenvalue weighted by molar-refractivity contribution is -0.121. The molecule has 0 aliphatic carbocycles. The summed E-state index contributed by atoms with van der Waals surface area (Å²) in [5, 5.41) is 4.50. The van der Waals surface area contributed by atoms with Crippen molar-refractivity contribution in [3.63, 3.8) is 0 Å². The van der Waals surface area contributed by atoms with Crippen LogP contribution in [0.3, 0.4) is 0 Å². The first-order valence-electron chi connectivity index (χ1n) is 6.85. The number of carbonyl (C=O) groups is 1. The molecule has 124 valence electrons. The van der Waals surface area contributed by atoms with Gasteiger partial charge < -0.3 is 5.32 Å². The van der Waals surface area contributed by atoms with Crippen molar-refractivity contribution in [1.29, 1.82) is 0 Å². The maximum absolute atomic E-state index is 12.3. The molecule has 2 rings (SSSR count). The van der Waals surface area contributed by atoms with Crippen molar-refractivity contribution in [2.45, 2.75) is 17.2 Å². The van der Waals surface area contributed by atoms with Gasteiger partial charge in [0.25, 0.3) is 10.0 Å². The number of likely N-dealkylation sites (N-methyl/N-ethyl adjacent to an activating group) is 1. The molecule has 0 saturated heterocycles. The van der Waals surface area contributed by atoms with Crippen LogP contribution in [0, 0.1) is 0 Å². The smallest absolute Gasteiger partial charge is 0.252 e. The zero-order chi connectivity index (χ0) is 17.0. The van der Waals surface area contributed by atoms with E-state index in [0.29, 0.717) is 0 Å². The highest BCUT2D eigenvalue weighted by molar-refractivity contribution is 9.10. The summed E-state index contributed by atoms with van der Waals surface area (Å²) in [6, 6.07) is 10.6. The Bertz CT molecular complexity index is 776. The highest BCUT2D eigenvalue weighted by Crippen LogP contribution is 2.20. The zero-order valence-corrected chi connectivity index (χ0v) is 15.9. The van der Waals surface area contributed by atoms with Gasteiger partial charge in [0, 0.05) is 11.5 Å². The zero-order valence-electron chi connectivity index (χ0n) is 12.7. The molecule has 0 radical (unpaired) electrons. The number of thiophene rings is 1. The van der Waals surface area contributed by atoms with E-state index in [2.05, 4.69) is 21.2 Å². The molecule has 0 saturated carbocycles. The predicted molar refractivity (Wildman–Crippen MR) is 94.8 cm³/mol. The fraction of sp³-hybridized carbons (Fsp3) is 0.267. The number of sulfonamides is 1. The molecule has 1 unspecified atom stereocenters. The summed E-state index contributed by atoms with van der Waals surface area (Å²) in [6.07, 6.45) is 0. The summed E-state index contributed by atoms with van der Waals surface area (Å²) in [5.41, 5.74) is 0.941.